The lowest BCUT2D eigenvalue weighted by Crippen LogP contribution is -2.43. The Labute approximate surface area is 167 Å². The predicted octanol–water partition coefficient (Wildman–Crippen LogP) is 3.29. The van der Waals surface area contributed by atoms with Crippen LogP contribution in [0.3, 0.4) is 0 Å². The van der Waals surface area contributed by atoms with E-state index in [1.807, 2.05) is 35.3 Å². The Hall–Kier alpha value is -2.88. The maximum Gasteiger partial charge on any atom is 0.431 e. The Morgan fingerprint density at radius 2 is 2.07 bits per heavy atom. The first kappa shape index (κ1) is 19.4. The number of H-pyrrole nitrogens is 1. The number of fused-ring (bicyclic) bond motifs is 1. The number of alkyl halides is 3. The number of aromatic nitrogens is 2. The molecule has 1 aromatic carbocycles. The normalized spacial score (nSPS) is 17.1. The second-order valence-electron chi connectivity index (χ2n) is 6.77. The van der Waals surface area contributed by atoms with Crippen LogP contribution in [0, 0.1) is 0 Å². The van der Waals surface area contributed by atoms with Crippen molar-refractivity contribution < 1.29 is 18.0 Å². The Kier molecular flexibility index (Phi) is 5.03. The summed E-state index contributed by atoms with van der Waals surface area (Å²) in [5, 5.41) is 3.27. The van der Waals surface area contributed by atoms with E-state index < -0.39 is 23.5 Å². The first-order valence-electron chi connectivity index (χ1n) is 9.02. The zero-order chi connectivity index (χ0) is 20.6. The Balaban J connectivity index is 1.56. The predicted molar refractivity (Wildman–Crippen MR) is 104 cm³/mol. The van der Waals surface area contributed by atoms with Crippen molar-refractivity contribution in [2.75, 3.05) is 11.4 Å². The number of thiazole rings is 1. The topological polar surface area (TPSA) is 78.1 Å². The number of pyridine rings is 1. The minimum atomic E-state index is -4.65. The molecule has 0 bridgehead atoms. The second-order valence-corrected chi connectivity index (χ2v) is 7.78. The molecule has 29 heavy (non-hydrogen) atoms. The van der Waals surface area contributed by atoms with Crippen LogP contribution < -0.4 is 15.8 Å². The number of benzene rings is 1. The van der Waals surface area contributed by atoms with Crippen LogP contribution in [0.25, 0.3) is 10.2 Å². The number of halogens is 3. The molecule has 10 heteroatoms. The third kappa shape index (κ3) is 3.98. The summed E-state index contributed by atoms with van der Waals surface area (Å²) in [7, 11) is 0. The lowest BCUT2D eigenvalue weighted by atomic mass is 10.2. The third-order valence-corrected chi connectivity index (χ3v) is 5.84. The van der Waals surface area contributed by atoms with Crippen LogP contribution in [0.1, 0.15) is 24.1 Å². The second kappa shape index (κ2) is 7.51. The van der Waals surface area contributed by atoms with Crippen LogP contribution in [0.5, 0.6) is 0 Å². The Morgan fingerprint density at radius 1 is 1.31 bits per heavy atom. The van der Waals surface area contributed by atoms with Crippen LogP contribution in [0.2, 0.25) is 0 Å². The van der Waals surface area contributed by atoms with E-state index in [2.05, 4.69) is 10.3 Å². The molecule has 0 radical (unpaired) electrons. The number of anilines is 1. The van der Waals surface area contributed by atoms with E-state index in [-0.39, 0.29) is 16.1 Å². The van der Waals surface area contributed by atoms with Crippen molar-refractivity contribution in [3.63, 3.8) is 0 Å². The number of amides is 1. The molecule has 2 N–H and O–H groups in total. The monoisotopic (exact) mass is 422 g/mol. The fourth-order valence-electron chi connectivity index (χ4n) is 3.38. The molecule has 152 valence electrons. The van der Waals surface area contributed by atoms with E-state index in [1.165, 1.54) is 0 Å². The quantitative estimate of drug-likeness (QED) is 0.677. The fourth-order valence-corrected chi connectivity index (χ4v) is 4.46. The van der Waals surface area contributed by atoms with Gasteiger partial charge in [0.25, 0.3) is 5.56 Å². The van der Waals surface area contributed by atoms with Gasteiger partial charge in [0.1, 0.15) is 17.3 Å². The summed E-state index contributed by atoms with van der Waals surface area (Å²) in [6, 6.07) is 9.89. The van der Waals surface area contributed by atoms with E-state index in [4.69, 9.17) is 0 Å². The van der Waals surface area contributed by atoms with Crippen LogP contribution in [-0.4, -0.2) is 28.5 Å². The summed E-state index contributed by atoms with van der Waals surface area (Å²) in [6.45, 7) is 0.936. The van der Waals surface area contributed by atoms with Gasteiger partial charge in [0.2, 0.25) is 5.91 Å². The van der Waals surface area contributed by atoms with Gasteiger partial charge >= 0.3 is 6.18 Å². The third-order valence-electron chi connectivity index (χ3n) is 4.80. The molecule has 1 aliphatic rings. The minimum absolute atomic E-state index is 0.0478. The number of hydrogen-bond donors (Lipinski definition) is 2. The highest BCUT2D eigenvalue weighted by atomic mass is 32.1. The lowest BCUT2D eigenvalue weighted by Gasteiger charge is -2.23. The van der Waals surface area contributed by atoms with E-state index in [0.717, 1.165) is 29.4 Å². The van der Waals surface area contributed by atoms with E-state index in [1.54, 1.807) is 4.90 Å². The minimum Gasteiger partial charge on any atom is -0.350 e. The van der Waals surface area contributed by atoms with Crippen molar-refractivity contribution in [2.24, 2.45) is 0 Å². The molecule has 3 heterocycles. The molecule has 1 saturated heterocycles. The van der Waals surface area contributed by atoms with Gasteiger partial charge in [-0.25, -0.2) is 4.98 Å². The van der Waals surface area contributed by atoms with Gasteiger partial charge in [-0.2, -0.15) is 13.2 Å². The Morgan fingerprint density at radius 3 is 2.79 bits per heavy atom. The summed E-state index contributed by atoms with van der Waals surface area (Å²) in [4.78, 5) is 32.5. The summed E-state index contributed by atoms with van der Waals surface area (Å²) in [5.41, 5.74) is -1.07. The van der Waals surface area contributed by atoms with Crippen LogP contribution in [-0.2, 0) is 17.5 Å². The number of rotatable bonds is 4. The first-order valence-corrected chi connectivity index (χ1v) is 9.84. The molecule has 1 fully saturated rings. The van der Waals surface area contributed by atoms with E-state index >= 15 is 0 Å². The van der Waals surface area contributed by atoms with Gasteiger partial charge in [-0.05, 0) is 24.5 Å². The van der Waals surface area contributed by atoms with Crippen LogP contribution >= 0.6 is 11.3 Å². The molecule has 2 aromatic heterocycles. The van der Waals surface area contributed by atoms with Gasteiger partial charge in [0.05, 0.1) is 4.70 Å². The number of nitrogens with zero attached hydrogens (tertiary/aromatic N) is 2. The molecular formula is C19H17F3N4O2S. The number of hydrogen-bond acceptors (Lipinski definition) is 5. The number of carbonyl (C=O) groups excluding carboxylic acids is 1. The molecule has 1 unspecified atom stereocenters. The standard InChI is InChI=1S/C19H17F3N4O2S/c20-19(21,22)14-9-13-15(17(28)24-14)25-18(29-13)26-8-4-7-12(26)16(27)23-10-11-5-2-1-3-6-11/h1-3,5-6,9,12H,4,7-8,10H2,(H,23,27)(H,24,28). The summed E-state index contributed by atoms with van der Waals surface area (Å²) in [5.74, 6) is -0.171. The lowest BCUT2D eigenvalue weighted by molar-refractivity contribution is -0.141. The van der Waals surface area contributed by atoms with Gasteiger partial charge in [0.15, 0.2) is 5.13 Å². The molecule has 1 atom stereocenters. The molecular weight excluding hydrogens is 405 g/mol. The Bertz CT molecular complexity index is 1090. The number of carbonyl (C=O) groups is 1. The van der Waals surface area contributed by atoms with Crippen molar-refractivity contribution in [2.45, 2.75) is 31.6 Å². The van der Waals surface area contributed by atoms with Crippen LogP contribution in [0.15, 0.2) is 41.2 Å². The molecule has 4 rings (SSSR count). The van der Waals surface area contributed by atoms with Gasteiger partial charge in [-0.3, -0.25) is 9.59 Å². The molecule has 6 nitrogen and oxygen atoms in total. The van der Waals surface area contributed by atoms with E-state index in [0.29, 0.717) is 24.6 Å². The van der Waals surface area contributed by atoms with Gasteiger partial charge in [-0.15, -0.1) is 0 Å². The van der Waals surface area contributed by atoms with Gasteiger partial charge < -0.3 is 15.2 Å². The van der Waals surface area contributed by atoms with Crippen molar-refractivity contribution >= 4 is 32.6 Å². The molecule has 0 saturated carbocycles. The highest BCUT2D eigenvalue weighted by molar-refractivity contribution is 7.22. The SMILES string of the molecule is O=C(NCc1ccccc1)C1CCCN1c1nc2c(=O)[nH]c(C(F)(F)F)cc2s1. The first-order chi connectivity index (χ1) is 13.8. The van der Waals surface area contributed by atoms with Crippen LogP contribution in [0.4, 0.5) is 18.3 Å². The van der Waals surface area contributed by atoms with Crippen molar-refractivity contribution in [3.8, 4) is 0 Å². The summed E-state index contributed by atoms with van der Waals surface area (Å²) in [6.07, 6.45) is -3.28. The van der Waals surface area contributed by atoms with Crippen molar-refractivity contribution in [1.82, 2.24) is 15.3 Å². The maximum absolute atomic E-state index is 12.9. The van der Waals surface area contributed by atoms with E-state index in [9.17, 15) is 22.8 Å². The maximum atomic E-state index is 12.9. The highest BCUT2D eigenvalue weighted by Crippen LogP contribution is 2.35. The van der Waals surface area contributed by atoms with Gasteiger partial charge in [-0.1, -0.05) is 41.7 Å². The van der Waals surface area contributed by atoms with Crippen molar-refractivity contribution in [1.29, 1.82) is 0 Å². The molecule has 3 aromatic rings. The zero-order valence-corrected chi connectivity index (χ0v) is 15.9. The highest BCUT2D eigenvalue weighted by Gasteiger charge is 2.35. The van der Waals surface area contributed by atoms with Gasteiger partial charge in [0, 0.05) is 13.1 Å². The largest absolute Gasteiger partial charge is 0.431 e. The summed E-state index contributed by atoms with van der Waals surface area (Å²) >= 11 is 0.989. The number of aromatic amines is 1. The zero-order valence-electron chi connectivity index (χ0n) is 15.1. The number of nitrogens with one attached hydrogen (secondary N) is 2. The molecule has 0 aliphatic carbocycles. The average Bonchev–Trinajstić information content (AvgIpc) is 3.33. The molecule has 1 aliphatic heterocycles. The molecule has 1 amide bonds. The summed E-state index contributed by atoms with van der Waals surface area (Å²) < 4.78 is 39.0. The van der Waals surface area contributed by atoms with Crippen molar-refractivity contribution in [3.05, 3.63) is 58.0 Å². The smallest absolute Gasteiger partial charge is 0.350 e. The molecule has 0 spiro atoms. The fraction of sp³-hybridized carbons (Fsp3) is 0.316. The average molecular weight is 422 g/mol.